The van der Waals surface area contributed by atoms with Crippen LogP contribution in [0.25, 0.3) is 0 Å². The molecule has 32 heavy (non-hydrogen) atoms. The van der Waals surface area contributed by atoms with E-state index in [1.807, 2.05) is 24.3 Å². The summed E-state index contributed by atoms with van der Waals surface area (Å²) >= 11 is 0. The predicted octanol–water partition coefficient (Wildman–Crippen LogP) is 0.707. The minimum atomic E-state index is -1.25. The van der Waals surface area contributed by atoms with Crippen LogP contribution in [-0.2, 0) is 4.79 Å². The first-order chi connectivity index (χ1) is 15.4. The number of rotatable bonds is 4. The fourth-order valence-electron chi connectivity index (χ4n) is 3.25. The van der Waals surface area contributed by atoms with Crippen molar-refractivity contribution >= 4 is 17.6 Å². The van der Waals surface area contributed by atoms with Gasteiger partial charge in [0.15, 0.2) is 0 Å². The van der Waals surface area contributed by atoms with E-state index in [1.165, 1.54) is 24.7 Å². The van der Waals surface area contributed by atoms with Crippen molar-refractivity contribution in [2.45, 2.75) is 19.1 Å². The number of aliphatic hydroxyl groups is 1. The number of benzene rings is 1. The van der Waals surface area contributed by atoms with Gasteiger partial charge >= 0.3 is 6.03 Å². The van der Waals surface area contributed by atoms with E-state index >= 15 is 0 Å². The van der Waals surface area contributed by atoms with Crippen molar-refractivity contribution < 1.29 is 24.3 Å². The predicted molar refractivity (Wildman–Crippen MR) is 114 cm³/mol. The highest BCUT2D eigenvalue weighted by molar-refractivity contribution is 5.87. The number of urea groups is 1. The van der Waals surface area contributed by atoms with Gasteiger partial charge in [-0.1, -0.05) is 11.8 Å². The third-order valence-electron chi connectivity index (χ3n) is 5.03. The Morgan fingerprint density at radius 3 is 2.34 bits per heavy atom. The summed E-state index contributed by atoms with van der Waals surface area (Å²) in [7, 11) is 0. The van der Waals surface area contributed by atoms with Crippen LogP contribution in [0.3, 0.4) is 0 Å². The van der Waals surface area contributed by atoms with Crippen molar-refractivity contribution in [2.75, 3.05) is 31.1 Å². The van der Waals surface area contributed by atoms with Gasteiger partial charge in [-0.25, -0.2) is 15.3 Å². The smallest absolute Gasteiger partial charge is 0.318 e. The molecule has 2 aromatic rings. The van der Waals surface area contributed by atoms with E-state index < -0.39 is 30.0 Å². The van der Waals surface area contributed by atoms with Crippen molar-refractivity contribution in [2.24, 2.45) is 0 Å². The fourth-order valence-corrected chi connectivity index (χ4v) is 3.25. The summed E-state index contributed by atoms with van der Waals surface area (Å²) in [5.41, 5.74) is 3.75. The van der Waals surface area contributed by atoms with Gasteiger partial charge in [-0.05, 0) is 37.3 Å². The number of hydrogen-bond acceptors (Lipinski definition) is 6. The Kier molecular flexibility index (Phi) is 7.59. The van der Waals surface area contributed by atoms with Crippen LogP contribution in [0.2, 0.25) is 0 Å². The van der Waals surface area contributed by atoms with Crippen molar-refractivity contribution in [3.05, 3.63) is 59.7 Å². The Morgan fingerprint density at radius 2 is 1.75 bits per heavy atom. The summed E-state index contributed by atoms with van der Waals surface area (Å²) in [5, 5.41) is 20.8. The normalized spacial score (nSPS) is 15.2. The van der Waals surface area contributed by atoms with Crippen molar-refractivity contribution in [1.82, 2.24) is 20.7 Å². The molecule has 1 aromatic heterocycles. The number of nitrogens with one attached hydrogen (secondary N) is 2. The lowest BCUT2D eigenvalue weighted by atomic mass is 10.1. The molecule has 2 heterocycles. The second kappa shape index (κ2) is 10.6. The summed E-state index contributed by atoms with van der Waals surface area (Å²) in [5.74, 6) is 4.43. The molecule has 1 aromatic carbocycles. The highest BCUT2D eigenvalue weighted by Gasteiger charge is 2.29. The number of nitrogens with zero attached hydrogens (tertiary/aromatic N) is 3. The number of carbonyl (C=O) groups is 2. The zero-order valence-corrected chi connectivity index (χ0v) is 17.5. The number of hydrogen-bond donors (Lipinski definition) is 4. The fraction of sp³-hybridized carbons (Fsp3) is 0.318. The first-order valence-corrected chi connectivity index (χ1v) is 10.0. The topological polar surface area (TPSA) is 118 Å². The van der Waals surface area contributed by atoms with Crippen LogP contribution in [0, 0.1) is 17.8 Å². The summed E-state index contributed by atoms with van der Waals surface area (Å²) < 4.78 is 13.1. The number of halogens is 1. The van der Waals surface area contributed by atoms with E-state index in [-0.39, 0.29) is 0 Å². The summed E-state index contributed by atoms with van der Waals surface area (Å²) in [6.07, 6.45) is 0.209. The Labute approximate surface area is 184 Å². The van der Waals surface area contributed by atoms with Crippen LogP contribution >= 0.6 is 0 Å². The molecule has 0 radical (unpaired) electrons. The van der Waals surface area contributed by atoms with Crippen LogP contribution in [0.15, 0.2) is 42.6 Å². The molecule has 3 rings (SSSR count). The highest BCUT2D eigenvalue weighted by Crippen LogP contribution is 2.17. The molecule has 1 aliphatic rings. The first-order valence-electron chi connectivity index (χ1n) is 10.0. The van der Waals surface area contributed by atoms with E-state index in [9.17, 15) is 19.1 Å². The molecule has 10 heteroatoms. The van der Waals surface area contributed by atoms with Crippen molar-refractivity contribution in [3.63, 3.8) is 0 Å². The minimum Gasteiger partial charge on any atom is -0.391 e. The Hall–Kier alpha value is -3.68. The van der Waals surface area contributed by atoms with E-state index in [2.05, 4.69) is 27.0 Å². The summed E-state index contributed by atoms with van der Waals surface area (Å²) in [6, 6.07) is 8.79. The second-order valence-electron chi connectivity index (χ2n) is 7.28. The third kappa shape index (κ3) is 5.94. The van der Waals surface area contributed by atoms with Gasteiger partial charge in [0.25, 0.3) is 5.91 Å². The molecule has 1 saturated heterocycles. The van der Waals surface area contributed by atoms with Gasteiger partial charge in [0.05, 0.1) is 6.10 Å². The molecule has 0 unspecified atom stereocenters. The van der Waals surface area contributed by atoms with Crippen molar-refractivity contribution in [1.29, 1.82) is 0 Å². The third-order valence-corrected chi connectivity index (χ3v) is 5.03. The maximum Gasteiger partial charge on any atom is 0.318 e. The molecule has 0 bridgehead atoms. The number of carbonyl (C=O) groups excluding carboxylic acids is 2. The van der Waals surface area contributed by atoms with Gasteiger partial charge < -0.3 is 20.2 Å². The van der Waals surface area contributed by atoms with Gasteiger partial charge in [0.1, 0.15) is 6.04 Å². The largest absolute Gasteiger partial charge is 0.391 e. The molecular formula is C22H24FN5O4. The van der Waals surface area contributed by atoms with E-state index in [0.29, 0.717) is 31.7 Å². The second-order valence-corrected chi connectivity index (χ2v) is 7.28. The molecule has 0 saturated carbocycles. The quantitative estimate of drug-likeness (QED) is 0.240. The summed E-state index contributed by atoms with van der Waals surface area (Å²) in [6.45, 7) is 3.37. The molecule has 2 atom stereocenters. The number of anilines is 1. The number of aliphatic hydroxyl groups excluding tert-OH is 1. The maximum absolute atomic E-state index is 13.1. The number of amides is 3. The van der Waals surface area contributed by atoms with Gasteiger partial charge in [-0.15, -0.1) is 0 Å². The molecule has 168 valence electrons. The van der Waals surface area contributed by atoms with Gasteiger partial charge in [0, 0.05) is 55.3 Å². The molecule has 3 amide bonds. The monoisotopic (exact) mass is 441 g/mol. The Bertz CT molecular complexity index is 1010. The van der Waals surface area contributed by atoms with Gasteiger partial charge in [-0.2, -0.15) is 4.39 Å². The molecule has 0 aliphatic carbocycles. The van der Waals surface area contributed by atoms with Crippen LogP contribution in [0.1, 0.15) is 18.1 Å². The van der Waals surface area contributed by atoms with E-state index in [1.54, 1.807) is 11.0 Å². The highest BCUT2D eigenvalue weighted by atomic mass is 19.1. The van der Waals surface area contributed by atoms with Crippen LogP contribution in [-0.4, -0.2) is 70.5 Å². The van der Waals surface area contributed by atoms with Gasteiger partial charge in [0.2, 0.25) is 5.95 Å². The molecule has 9 nitrogen and oxygen atoms in total. The SMILES string of the molecule is C[C@@H](O)[C@H](NC(=O)N1CCN(c2ccc(C#Cc3ccnc(F)c3)cc2)CC1)C(=O)NO. The lowest BCUT2D eigenvalue weighted by Crippen LogP contribution is -2.58. The number of aromatic nitrogens is 1. The standard InChI is InChI=1S/C22H24FN5O4/c1-15(29)20(21(30)26-32)25-22(31)28-12-10-27(11-13-28)18-6-4-16(5-7-18)2-3-17-8-9-24-19(23)14-17/h4-9,14-15,20,29,32H,10-13H2,1H3,(H,25,31)(H,26,30)/t15-,20+/m1/s1. The minimum absolute atomic E-state index is 0.425. The Balaban J connectivity index is 1.55. The molecule has 4 N–H and O–H groups in total. The zero-order chi connectivity index (χ0) is 23.1. The lowest BCUT2D eigenvalue weighted by molar-refractivity contribution is -0.133. The average molecular weight is 441 g/mol. The number of hydroxylamine groups is 1. The van der Waals surface area contributed by atoms with Gasteiger partial charge in [-0.3, -0.25) is 10.0 Å². The number of pyridine rings is 1. The number of piperazine rings is 1. The van der Waals surface area contributed by atoms with E-state index in [4.69, 9.17) is 5.21 Å². The zero-order valence-electron chi connectivity index (χ0n) is 17.5. The first kappa shape index (κ1) is 23.0. The molecular weight excluding hydrogens is 417 g/mol. The summed E-state index contributed by atoms with van der Waals surface area (Å²) in [4.78, 5) is 31.2. The van der Waals surface area contributed by atoms with Crippen LogP contribution < -0.4 is 15.7 Å². The lowest BCUT2D eigenvalue weighted by Gasteiger charge is -2.36. The Morgan fingerprint density at radius 1 is 1.09 bits per heavy atom. The molecule has 1 fully saturated rings. The van der Waals surface area contributed by atoms with E-state index in [0.717, 1.165) is 11.3 Å². The van der Waals surface area contributed by atoms with Crippen LogP contribution in [0.4, 0.5) is 14.9 Å². The maximum atomic E-state index is 13.1. The average Bonchev–Trinajstić information content (AvgIpc) is 2.81. The molecule has 1 aliphatic heterocycles. The van der Waals surface area contributed by atoms with Crippen LogP contribution in [0.5, 0.6) is 0 Å². The molecule has 0 spiro atoms. The van der Waals surface area contributed by atoms with Crippen molar-refractivity contribution in [3.8, 4) is 11.8 Å².